The minimum absolute atomic E-state index is 0. The molecule has 0 aromatic carbocycles. The third-order valence-corrected chi connectivity index (χ3v) is 3.54. The SMILES string of the molecule is O=C([C]1[CH][CH][CH][CH]1)C1CC1c1ccco1.[CH]1[CH][CH][CH][CH]1.[Fe+2]. The van der Waals surface area contributed by atoms with Gasteiger partial charge in [0, 0.05) is 17.8 Å². The first-order chi connectivity index (χ1) is 9.86. The van der Waals surface area contributed by atoms with Gasteiger partial charge < -0.3 is 4.42 Å². The quantitative estimate of drug-likeness (QED) is 0.799. The largest absolute Gasteiger partial charge is 2.00 e. The molecule has 3 aliphatic carbocycles. The number of rotatable bonds is 3. The van der Waals surface area contributed by atoms with Crippen LogP contribution in [-0.2, 0) is 21.9 Å². The summed E-state index contributed by atoms with van der Waals surface area (Å²) < 4.78 is 5.30. The fraction of sp³-hybridized carbons (Fsp3) is 0.167. The molecule has 10 radical (unpaired) electrons. The van der Waals surface area contributed by atoms with Crippen LogP contribution >= 0.6 is 0 Å². The molecule has 0 bridgehead atoms. The van der Waals surface area contributed by atoms with Gasteiger partial charge in [0.25, 0.3) is 0 Å². The predicted octanol–water partition coefficient (Wildman–Crippen LogP) is 3.38. The topological polar surface area (TPSA) is 30.2 Å². The summed E-state index contributed by atoms with van der Waals surface area (Å²) in [7, 11) is 0. The zero-order chi connectivity index (χ0) is 13.8. The van der Waals surface area contributed by atoms with Gasteiger partial charge in [-0.2, -0.15) is 0 Å². The van der Waals surface area contributed by atoms with Crippen molar-refractivity contribution in [2.75, 3.05) is 0 Å². The van der Waals surface area contributed by atoms with E-state index in [0.717, 1.165) is 18.1 Å². The summed E-state index contributed by atoms with van der Waals surface area (Å²) in [5.41, 5.74) is 0. The maximum absolute atomic E-state index is 11.9. The van der Waals surface area contributed by atoms with E-state index in [1.54, 1.807) is 6.26 Å². The summed E-state index contributed by atoms with van der Waals surface area (Å²) >= 11 is 0. The Bertz CT molecular complexity index is 409. The van der Waals surface area contributed by atoms with Crippen LogP contribution in [0.4, 0.5) is 0 Å². The molecule has 2 unspecified atom stereocenters. The van der Waals surface area contributed by atoms with E-state index >= 15 is 0 Å². The third-order valence-electron chi connectivity index (χ3n) is 3.54. The summed E-state index contributed by atoms with van der Waals surface area (Å²) in [4.78, 5) is 11.9. The van der Waals surface area contributed by atoms with E-state index in [1.165, 1.54) is 0 Å². The third kappa shape index (κ3) is 4.47. The standard InChI is InChI=1S/C13H11O2.C5H5.Fe/c14-13(9-4-1-2-5-9)11-8-10(11)12-6-3-7-15-12;1-2-4-5-3-1;/h1-7,10-11H,8H2;1-5H;/q;;+2. The van der Waals surface area contributed by atoms with Gasteiger partial charge in [-0.1, -0.05) is 0 Å². The molecule has 0 spiro atoms. The molecule has 106 valence electrons. The van der Waals surface area contributed by atoms with Crippen molar-refractivity contribution in [2.45, 2.75) is 12.3 Å². The van der Waals surface area contributed by atoms with Crippen LogP contribution in [0.3, 0.4) is 0 Å². The van der Waals surface area contributed by atoms with E-state index in [-0.39, 0.29) is 28.8 Å². The van der Waals surface area contributed by atoms with E-state index in [9.17, 15) is 4.79 Å². The molecule has 0 amide bonds. The molecule has 0 N–H and O–H groups in total. The maximum atomic E-state index is 11.9. The van der Waals surface area contributed by atoms with Crippen LogP contribution in [0.5, 0.6) is 0 Å². The predicted molar refractivity (Wildman–Crippen MR) is 76.5 cm³/mol. The van der Waals surface area contributed by atoms with Gasteiger partial charge in [-0.05, 0) is 76.3 Å². The summed E-state index contributed by atoms with van der Waals surface area (Å²) in [6.07, 6.45) is 20.1. The maximum Gasteiger partial charge on any atom is 2.00 e. The van der Waals surface area contributed by atoms with Crippen molar-refractivity contribution in [2.24, 2.45) is 5.92 Å². The average molecular weight is 320 g/mol. The van der Waals surface area contributed by atoms with Crippen LogP contribution in [0, 0.1) is 69.6 Å². The normalized spacial score (nSPS) is 27.6. The van der Waals surface area contributed by atoms with Gasteiger partial charge in [0.1, 0.15) is 11.5 Å². The fourth-order valence-corrected chi connectivity index (χ4v) is 2.37. The molecule has 3 aliphatic rings. The van der Waals surface area contributed by atoms with E-state index in [1.807, 2.05) is 69.9 Å². The zero-order valence-electron chi connectivity index (χ0n) is 11.5. The molecular weight excluding hydrogens is 304 g/mol. The van der Waals surface area contributed by atoms with Crippen LogP contribution in [0.15, 0.2) is 22.8 Å². The van der Waals surface area contributed by atoms with Crippen LogP contribution in [-0.4, -0.2) is 5.78 Å². The number of furan rings is 1. The van der Waals surface area contributed by atoms with Crippen molar-refractivity contribution in [3.63, 3.8) is 0 Å². The van der Waals surface area contributed by atoms with Crippen molar-refractivity contribution in [3.05, 3.63) is 87.9 Å². The fourth-order valence-electron chi connectivity index (χ4n) is 2.37. The van der Waals surface area contributed by atoms with Crippen molar-refractivity contribution in [1.29, 1.82) is 0 Å². The molecule has 1 heterocycles. The first-order valence-electron chi connectivity index (χ1n) is 6.82. The second kappa shape index (κ2) is 8.19. The molecule has 0 saturated heterocycles. The number of carbonyl (C=O) groups is 1. The number of hydrogen-bond acceptors (Lipinski definition) is 2. The summed E-state index contributed by atoms with van der Waals surface area (Å²) in [6, 6.07) is 3.82. The Morgan fingerprint density at radius 2 is 1.62 bits per heavy atom. The second-order valence-corrected chi connectivity index (χ2v) is 4.96. The van der Waals surface area contributed by atoms with Crippen molar-refractivity contribution in [3.8, 4) is 0 Å². The summed E-state index contributed by atoms with van der Waals surface area (Å²) in [6.45, 7) is 0. The minimum Gasteiger partial charge on any atom is -0.469 e. The molecule has 4 rings (SSSR count). The van der Waals surface area contributed by atoms with Crippen molar-refractivity contribution >= 4 is 5.78 Å². The van der Waals surface area contributed by atoms with Crippen LogP contribution in [0.2, 0.25) is 0 Å². The van der Waals surface area contributed by atoms with Crippen molar-refractivity contribution < 1.29 is 26.3 Å². The van der Waals surface area contributed by atoms with Gasteiger partial charge in [0.15, 0.2) is 0 Å². The number of carbonyl (C=O) groups excluding carboxylic acids is 1. The number of ketones is 1. The monoisotopic (exact) mass is 320 g/mol. The Kier molecular flexibility index (Phi) is 6.57. The van der Waals surface area contributed by atoms with E-state index in [2.05, 4.69) is 0 Å². The Morgan fingerprint density at radius 1 is 1.00 bits per heavy atom. The first-order valence-corrected chi connectivity index (χ1v) is 6.82. The molecule has 0 aliphatic heterocycles. The Hall–Kier alpha value is -0.531. The van der Waals surface area contributed by atoms with Gasteiger partial charge in [-0.25, -0.2) is 0 Å². The number of hydrogen-bond donors (Lipinski definition) is 0. The van der Waals surface area contributed by atoms with E-state index < -0.39 is 0 Å². The van der Waals surface area contributed by atoms with Crippen LogP contribution < -0.4 is 0 Å². The molecule has 3 fully saturated rings. The second-order valence-electron chi connectivity index (χ2n) is 4.96. The Morgan fingerprint density at radius 3 is 2.14 bits per heavy atom. The van der Waals surface area contributed by atoms with Gasteiger partial charge in [0.05, 0.1) is 6.26 Å². The molecule has 3 heteroatoms. The Balaban J connectivity index is 0.000000231. The number of Topliss-reactive ketones (excluding diaryl/α,β-unsaturated/α-hetero) is 1. The molecule has 1 aromatic rings. The van der Waals surface area contributed by atoms with Gasteiger partial charge >= 0.3 is 17.1 Å². The average Bonchev–Trinajstić information content (AvgIpc) is 3.06. The summed E-state index contributed by atoms with van der Waals surface area (Å²) in [5, 5.41) is 0. The van der Waals surface area contributed by atoms with Gasteiger partial charge in [-0.3, -0.25) is 4.79 Å². The Labute approximate surface area is 138 Å². The minimum atomic E-state index is 0. The molecule has 1 aromatic heterocycles. The molecule has 2 nitrogen and oxygen atoms in total. The molecular formula is C18H16FeO2+2. The van der Waals surface area contributed by atoms with E-state index in [0.29, 0.717) is 5.92 Å². The van der Waals surface area contributed by atoms with Crippen molar-refractivity contribution in [1.82, 2.24) is 0 Å². The zero-order valence-corrected chi connectivity index (χ0v) is 12.6. The first kappa shape index (κ1) is 16.8. The smallest absolute Gasteiger partial charge is 0.469 e. The van der Waals surface area contributed by atoms with Gasteiger partial charge in [-0.15, -0.1) is 0 Å². The van der Waals surface area contributed by atoms with Crippen LogP contribution in [0.25, 0.3) is 0 Å². The molecule has 3 saturated carbocycles. The summed E-state index contributed by atoms with van der Waals surface area (Å²) in [5.74, 6) is 2.47. The molecule has 21 heavy (non-hydrogen) atoms. The van der Waals surface area contributed by atoms with Gasteiger partial charge in [0.2, 0.25) is 0 Å². The van der Waals surface area contributed by atoms with Crippen LogP contribution in [0.1, 0.15) is 18.1 Å². The van der Waals surface area contributed by atoms with E-state index in [4.69, 9.17) is 4.42 Å². The molecule has 2 atom stereocenters.